The Hall–Kier alpha value is -1.59. The van der Waals surface area contributed by atoms with Gasteiger partial charge in [0.05, 0.1) is 25.4 Å². The van der Waals surface area contributed by atoms with Crippen LogP contribution in [0.4, 0.5) is 0 Å². The number of carbonyl (C=O) groups is 1. The summed E-state index contributed by atoms with van der Waals surface area (Å²) < 4.78 is 11.3. The maximum Gasteiger partial charge on any atom is 0.220 e. The molecule has 7 atom stereocenters. The van der Waals surface area contributed by atoms with Crippen molar-refractivity contribution >= 4 is 5.91 Å². The van der Waals surface area contributed by atoms with Crippen LogP contribution in [-0.4, -0.2) is 87.5 Å². The minimum Gasteiger partial charge on any atom is -0.394 e. The molecule has 6 N–H and O–H groups in total. The van der Waals surface area contributed by atoms with Gasteiger partial charge in [0.25, 0.3) is 0 Å². The van der Waals surface area contributed by atoms with Gasteiger partial charge in [-0.25, -0.2) is 0 Å². The number of aliphatic hydroxyl groups is 5. The molecule has 9 nitrogen and oxygen atoms in total. The van der Waals surface area contributed by atoms with Crippen LogP contribution in [-0.2, 0) is 14.3 Å². The molecule has 7 unspecified atom stereocenters. The van der Waals surface area contributed by atoms with E-state index in [1.54, 1.807) is 6.08 Å². The van der Waals surface area contributed by atoms with Gasteiger partial charge in [0.15, 0.2) is 6.29 Å². The Labute approximate surface area is 431 Å². The van der Waals surface area contributed by atoms with Crippen molar-refractivity contribution in [3.05, 3.63) is 36.5 Å². The number of hydrogen-bond donors (Lipinski definition) is 6. The summed E-state index contributed by atoms with van der Waals surface area (Å²) in [6.07, 6.45) is 59.3. The van der Waals surface area contributed by atoms with Gasteiger partial charge in [0.2, 0.25) is 5.91 Å². The van der Waals surface area contributed by atoms with Gasteiger partial charge >= 0.3 is 0 Å². The van der Waals surface area contributed by atoms with Crippen molar-refractivity contribution < 1.29 is 39.8 Å². The fraction of sp³-hybridized carbons (Fsp3) is 0.885. The fourth-order valence-electron chi connectivity index (χ4n) is 9.66. The number of nitrogens with one attached hydrogen (secondary N) is 1. The van der Waals surface area contributed by atoms with Crippen LogP contribution in [0.2, 0.25) is 0 Å². The lowest BCUT2D eigenvalue weighted by molar-refractivity contribution is -0.302. The number of carbonyl (C=O) groups excluding carboxylic acids is 1. The van der Waals surface area contributed by atoms with Crippen LogP contribution < -0.4 is 5.32 Å². The summed E-state index contributed by atoms with van der Waals surface area (Å²) in [5, 5.41) is 54.5. The number of hydrogen-bond acceptors (Lipinski definition) is 8. The van der Waals surface area contributed by atoms with Crippen molar-refractivity contribution in [2.45, 2.75) is 333 Å². The highest BCUT2D eigenvalue weighted by Crippen LogP contribution is 2.23. The SMILES string of the molecule is CCCCCC/C=C\C/C=C\CCCCCCCCCC(=O)NC(COC1OC(CO)C(O)C(O)C1O)C(O)/C=C/CCCCCCCCCCCCCCCCCCCCCCCCCCCCC. The fourth-order valence-corrected chi connectivity index (χ4v) is 9.66. The normalized spacial score (nSPS) is 19.6. The first-order valence-corrected chi connectivity index (χ1v) is 30.2. The molecule has 9 heteroatoms. The van der Waals surface area contributed by atoms with Crippen molar-refractivity contribution in [1.82, 2.24) is 5.32 Å². The van der Waals surface area contributed by atoms with Gasteiger partial charge in [-0.15, -0.1) is 0 Å². The zero-order valence-electron chi connectivity index (χ0n) is 45.8. The number of rotatable bonds is 52. The second-order valence-electron chi connectivity index (χ2n) is 21.1. The average Bonchev–Trinajstić information content (AvgIpc) is 3.36. The monoisotopic (exact) mass is 990 g/mol. The Balaban J connectivity index is 2.19. The van der Waals surface area contributed by atoms with Gasteiger partial charge < -0.3 is 40.3 Å². The number of ether oxygens (including phenoxy) is 2. The first-order chi connectivity index (χ1) is 34.3. The minimum atomic E-state index is -1.57. The summed E-state index contributed by atoms with van der Waals surface area (Å²) in [5.41, 5.74) is 0. The molecular weight excluding hydrogens is 875 g/mol. The first-order valence-electron chi connectivity index (χ1n) is 30.2. The van der Waals surface area contributed by atoms with E-state index in [0.29, 0.717) is 6.42 Å². The zero-order chi connectivity index (χ0) is 50.8. The van der Waals surface area contributed by atoms with Gasteiger partial charge in [-0.3, -0.25) is 4.79 Å². The van der Waals surface area contributed by atoms with Crippen molar-refractivity contribution in [3.8, 4) is 0 Å². The molecule has 1 saturated heterocycles. The van der Waals surface area contributed by atoms with E-state index in [1.165, 1.54) is 212 Å². The third-order valence-electron chi connectivity index (χ3n) is 14.5. The average molecular weight is 991 g/mol. The van der Waals surface area contributed by atoms with Gasteiger partial charge in [0.1, 0.15) is 24.4 Å². The largest absolute Gasteiger partial charge is 0.394 e. The smallest absolute Gasteiger partial charge is 0.220 e. The molecule has 0 spiro atoms. The van der Waals surface area contributed by atoms with E-state index in [9.17, 15) is 30.3 Å². The zero-order valence-corrected chi connectivity index (χ0v) is 45.8. The molecule has 0 bridgehead atoms. The van der Waals surface area contributed by atoms with E-state index in [2.05, 4.69) is 43.5 Å². The van der Waals surface area contributed by atoms with Crippen LogP contribution in [0, 0.1) is 0 Å². The number of allylic oxidation sites excluding steroid dienone is 5. The molecule has 0 aromatic carbocycles. The van der Waals surface area contributed by atoms with E-state index in [0.717, 1.165) is 57.8 Å². The van der Waals surface area contributed by atoms with Crippen molar-refractivity contribution in [3.63, 3.8) is 0 Å². The van der Waals surface area contributed by atoms with Gasteiger partial charge in [0, 0.05) is 6.42 Å². The van der Waals surface area contributed by atoms with Crippen LogP contribution in [0.3, 0.4) is 0 Å². The van der Waals surface area contributed by atoms with E-state index in [4.69, 9.17) is 9.47 Å². The Morgan fingerprint density at radius 2 is 0.843 bits per heavy atom. The molecule has 412 valence electrons. The number of unbranched alkanes of at least 4 members (excludes halogenated alkanes) is 38. The molecule has 0 aliphatic carbocycles. The van der Waals surface area contributed by atoms with Crippen molar-refractivity contribution in [1.29, 1.82) is 0 Å². The van der Waals surface area contributed by atoms with Crippen LogP contribution in [0.15, 0.2) is 36.5 Å². The summed E-state index contributed by atoms with van der Waals surface area (Å²) in [6, 6.07) is -0.810. The predicted octanol–water partition coefficient (Wildman–Crippen LogP) is 15.1. The summed E-state index contributed by atoms with van der Waals surface area (Å²) in [4.78, 5) is 13.0. The third kappa shape index (κ3) is 39.9. The topological polar surface area (TPSA) is 149 Å². The van der Waals surface area contributed by atoms with E-state index in [-0.39, 0.29) is 12.5 Å². The summed E-state index contributed by atoms with van der Waals surface area (Å²) in [5.74, 6) is -0.182. The molecule has 0 aromatic rings. The molecule has 1 aliphatic heterocycles. The maximum absolute atomic E-state index is 13.0. The van der Waals surface area contributed by atoms with Gasteiger partial charge in [-0.2, -0.15) is 0 Å². The standard InChI is InChI=1S/C61H115NO8/c1-3-5-7-9-11-13-15-17-19-21-23-24-25-26-27-28-29-30-31-32-33-34-36-38-40-42-44-46-48-50-55(64)54(53-69-61-60(68)59(67)58(66)56(52-63)70-61)62-57(65)51-49-47-45-43-41-39-37-35-22-20-18-16-14-12-10-8-6-4-2/h14,16,20,22,48,50,54-56,58-61,63-64,66-68H,3-13,15,17-19,21,23-47,49,51-53H2,1-2H3,(H,62,65)/b16-14-,22-20-,50-48+. The van der Waals surface area contributed by atoms with Crippen molar-refractivity contribution in [2.24, 2.45) is 0 Å². The molecule has 0 saturated carbocycles. The molecular formula is C61H115NO8. The minimum absolute atomic E-state index is 0.182. The Morgan fingerprint density at radius 3 is 1.24 bits per heavy atom. The second-order valence-corrected chi connectivity index (χ2v) is 21.1. The van der Waals surface area contributed by atoms with Crippen LogP contribution >= 0.6 is 0 Å². The molecule has 70 heavy (non-hydrogen) atoms. The number of amides is 1. The van der Waals surface area contributed by atoms with E-state index >= 15 is 0 Å². The van der Waals surface area contributed by atoms with Gasteiger partial charge in [-0.05, 0) is 51.4 Å². The third-order valence-corrected chi connectivity index (χ3v) is 14.5. The number of aliphatic hydroxyl groups excluding tert-OH is 5. The molecule has 0 radical (unpaired) electrons. The van der Waals surface area contributed by atoms with Gasteiger partial charge in [-0.1, -0.05) is 269 Å². The van der Waals surface area contributed by atoms with Crippen LogP contribution in [0.5, 0.6) is 0 Å². The summed E-state index contributed by atoms with van der Waals surface area (Å²) >= 11 is 0. The van der Waals surface area contributed by atoms with Crippen molar-refractivity contribution in [2.75, 3.05) is 13.2 Å². The molecule has 1 amide bonds. The Bertz CT molecular complexity index is 1190. The Kier molecular flexibility index (Phi) is 48.3. The summed E-state index contributed by atoms with van der Waals surface area (Å²) in [7, 11) is 0. The summed E-state index contributed by atoms with van der Waals surface area (Å²) in [6.45, 7) is 3.79. The quantitative estimate of drug-likeness (QED) is 0.0261. The highest BCUT2D eigenvalue weighted by molar-refractivity contribution is 5.76. The molecule has 0 aromatic heterocycles. The van der Waals surface area contributed by atoms with Crippen LogP contribution in [0.1, 0.15) is 290 Å². The maximum atomic E-state index is 13.0. The predicted molar refractivity (Wildman–Crippen MR) is 295 cm³/mol. The molecule has 1 fully saturated rings. The highest BCUT2D eigenvalue weighted by atomic mass is 16.7. The Morgan fingerprint density at radius 1 is 0.486 bits per heavy atom. The lowest BCUT2D eigenvalue weighted by atomic mass is 9.99. The van der Waals surface area contributed by atoms with Crippen LogP contribution in [0.25, 0.3) is 0 Å². The highest BCUT2D eigenvalue weighted by Gasteiger charge is 2.44. The second kappa shape index (κ2) is 50.9. The van der Waals surface area contributed by atoms with E-state index < -0.39 is 49.5 Å². The molecule has 1 heterocycles. The molecule has 1 aliphatic rings. The lowest BCUT2D eigenvalue weighted by Gasteiger charge is -2.40. The first kappa shape index (κ1) is 66.4. The molecule has 1 rings (SSSR count). The van der Waals surface area contributed by atoms with E-state index in [1.807, 2.05) is 6.08 Å². The lowest BCUT2D eigenvalue weighted by Crippen LogP contribution is -2.60.